The van der Waals surface area contributed by atoms with Gasteiger partial charge in [-0.2, -0.15) is 11.8 Å². The first-order chi connectivity index (χ1) is 7.41. The van der Waals surface area contributed by atoms with Crippen molar-refractivity contribution in [1.29, 1.82) is 0 Å². The lowest BCUT2D eigenvalue weighted by molar-refractivity contribution is 0.546. The minimum absolute atomic E-state index is 0.251. The Morgan fingerprint density at radius 3 is 2.44 bits per heavy atom. The molecule has 2 N–H and O–H groups in total. The highest BCUT2D eigenvalue weighted by atomic mass is 32.2. The number of hydrogen-bond donors (Lipinski definition) is 2. The van der Waals surface area contributed by atoms with E-state index in [0.717, 1.165) is 19.0 Å². The van der Waals surface area contributed by atoms with Crippen LogP contribution in [0.15, 0.2) is 4.99 Å². The molecule has 0 amide bonds. The SMILES string of the molecule is CN=C(NCC1(C)CC1)NCC(C)(C)SC. The van der Waals surface area contributed by atoms with Gasteiger partial charge in [0.2, 0.25) is 0 Å². The molecule has 0 saturated heterocycles. The van der Waals surface area contributed by atoms with Crippen LogP contribution in [0.4, 0.5) is 0 Å². The number of rotatable bonds is 5. The summed E-state index contributed by atoms with van der Waals surface area (Å²) in [6, 6.07) is 0. The predicted molar refractivity (Wildman–Crippen MR) is 74.3 cm³/mol. The van der Waals surface area contributed by atoms with E-state index in [1.807, 2.05) is 18.8 Å². The van der Waals surface area contributed by atoms with Crippen LogP contribution in [0.25, 0.3) is 0 Å². The first-order valence-electron chi connectivity index (χ1n) is 5.90. The Hall–Kier alpha value is -0.380. The molecule has 0 aromatic rings. The second-order valence-electron chi connectivity index (χ2n) is 5.55. The lowest BCUT2D eigenvalue weighted by Crippen LogP contribution is -2.44. The van der Waals surface area contributed by atoms with E-state index >= 15 is 0 Å². The first kappa shape index (κ1) is 13.7. The molecule has 0 bridgehead atoms. The molecule has 0 aliphatic heterocycles. The number of hydrogen-bond acceptors (Lipinski definition) is 2. The fraction of sp³-hybridized carbons (Fsp3) is 0.917. The standard InChI is InChI=1S/C12H25N3S/c1-11(2,16-5)8-14-10(13-4)15-9-12(3)6-7-12/h6-9H2,1-5H3,(H2,13,14,15). The molecule has 3 nitrogen and oxygen atoms in total. The number of guanidine groups is 1. The molecular weight excluding hydrogens is 218 g/mol. The molecular formula is C12H25N3S. The molecule has 0 radical (unpaired) electrons. The average Bonchev–Trinajstić information content (AvgIpc) is 2.97. The third-order valence-electron chi connectivity index (χ3n) is 3.24. The van der Waals surface area contributed by atoms with Crippen molar-refractivity contribution in [3.63, 3.8) is 0 Å². The molecule has 1 aliphatic carbocycles. The highest BCUT2D eigenvalue weighted by Gasteiger charge is 2.37. The van der Waals surface area contributed by atoms with E-state index in [0.29, 0.717) is 5.41 Å². The van der Waals surface area contributed by atoms with E-state index in [9.17, 15) is 0 Å². The third kappa shape index (κ3) is 4.64. The molecule has 1 rings (SSSR count). The Kier molecular flexibility index (Phi) is 4.53. The van der Waals surface area contributed by atoms with Crippen molar-refractivity contribution in [1.82, 2.24) is 10.6 Å². The van der Waals surface area contributed by atoms with Crippen LogP contribution in [0.2, 0.25) is 0 Å². The molecule has 1 fully saturated rings. The second-order valence-corrected chi connectivity index (χ2v) is 7.07. The summed E-state index contributed by atoms with van der Waals surface area (Å²) in [5.41, 5.74) is 0.520. The Morgan fingerprint density at radius 1 is 1.38 bits per heavy atom. The lowest BCUT2D eigenvalue weighted by Gasteiger charge is -2.24. The van der Waals surface area contributed by atoms with Crippen LogP contribution in [0, 0.1) is 5.41 Å². The van der Waals surface area contributed by atoms with Crippen LogP contribution in [0.5, 0.6) is 0 Å². The van der Waals surface area contributed by atoms with E-state index in [2.05, 4.69) is 42.7 Å². The summed E-state index contributed by atoms with van der Waals surface area (Å²) in [5.74, 6) is 0.926. The molecule has 0 aromatic heterocycles. The van der Waals surface area contributed by atoms with Crippen molar-refractivity contribution in [3.05, 3.63) is 0 Å². The molecule has 16 heavy (non-hydrogen) atoms. The maximum absolute atomic E-state index is 4.24. The van der Waals surface area contributed by atoms with Gasteiger partial charge in [0.15, 0.2) is 5.96 Å². The van der Waals surface area contributed by atoms with Crippen molar-refractivity contribution in [3.8, 4) is 0 Å². The zero-order chi connectivity index (χ0) is 12.2. The summed E-state index contributed by atoms with van der Waals surface area (Å²) >= 11 is 1.87. The molecule has 1 saturated carbocycles. The quantitative estimate of drug-likeness (QED) is 0.573. The number of aliphatic imine (C=N–C) groups is 1. The van der Waals surface area contributed by atoms with Crippen LogP contribution >= 0.6 is 11.8 Å². The number of nitrogens with zero attached hydrogens (tertiary/aromatic N) is 1. The molecule has 0 unspecified atom stereocenters. The van der Waals surface area contributed by atoms with Gasteiger partial charge in [-0.15, -0.1) is 0 Å². The van der Waals surface area contributed by atoms with Crippen LogP contribution in [-0.4, -0.2) is 37.1 Å². The fourth-order valence-electron chi connectivity index (χ4n) is 1.28. The van der Waals surface area contributed by atoms with Gasteiger partial charge in [-0.05, 0) is 38.4 Å². The predicted octanol–water partition coefficient (Wildman–Crippen LogP) is 2.09. The van der Waals surface area contributed by atoms with Gasteiger partial charge in [0.1, 0.15) is 0 Å². The van der Waals surface area contributed by atoms with Crippen LogP contribution in [-0.2, 0) is 0 Å². The summed E-state index contributed by atoms with van der Waals surface area (Å²) in [7, 11) is 1.83. The zero-order valence-corrected chi connectivity index (χ0v) is 12.0. The molecule has 0 aromatic carbocycles. The van der Waals surface area contributed by atoms with Crippen LogP contribution in [0.3, 0.4) is 0 Å². The van der Waals surface area contributed by atoms with E-state index in [1.165, 1.54) is 12.8 Å². The monoisotopic (exact) mass is 243 g/mol. The highest BCUT2D eigenvalue weighted by Crippen LogP contribution is 2.43. The number of nitrogens with one attached hydrogen (secondary N) is 2. The molecule has 0 atom stereocenters. The molecule has 4 heteroatoms. The summed E-state index contributed by atoms with van der Waals surface area (Å²) < 4.78 is 0.251. The molecule has 0 spiro atoms. The highest BCUT2D eigenvalue weighted by molar-refractivity contribution is 7.99. The topological polar surface area (TPSA) is 36.4 Å². The Morgan fingerprint density at radius 2 is 2.00 bits per heavy atom. The van der Waals surface area contributed by atoms with E-state index in [4.69, 9.17) is 0 Å². The van der Waals surface area contributed by atoms with Gasteiger partial charge in [0.05, 0.1) is 0 Å². The van der Waals surface area contributed by atoms with E-state index in [-0.39, 0.29) is 4.75 Å². The Labute approximate surface area is 104 Å². The smallest absolute Gasteiger partial charge is 0.191 e. The van der Waals surface area contributed by atoms with Gasteiger partial charge in [0, 0.05) is 24.9 Å². The van der Waals surface area contributed by atoms with Gasteiger partial charge in [0.25, 0.3) is 0 Å². The largest absolute Gasteiger partial charge is 0.356 e. The maximum Gasteiger partial charge on any atom is 0.191 e. The lowest BCUT2D eigenvalue weighted by atomic mass is 10.1. The van der Waals surface area contributed by atoms with Gasteiger partial charge >= 0.3 is 0 Å². The summed E-state index contributed by atoms with van der Waals surface area (Å²) in [5, 5.41) is 6.78. The third-order valence-corrected chi connectivity index (χ3v) is 4.49. The Bertz CT molecular complexity index is 257. The maximum atomic E-state index is 4.24. The molecule has 1 aliphatic rings. The van der Waals surface area contributed by atoms with Crippen molar-refractivity contribution in [2.24, 2.45) is 10.4 Å². The average molecular weight is 243 g/mol. The van der Waals surface area contributed by atoms with Gasteiger partial charge in [-0.1, -0.05) is 6.92 Å². The van der Waals surface area contributed by atoms with Gasteiger partial charge < -0.3 is 10.6 Å². The van der Waals surface area contributed by atoms with Crippen molar-refractivity contribution in [2.75, 3.05) is 26.4 Å². The number of thioether (sulfide) groups is 1. The molecule has 0 heterocycles. The minimum atomic E-state index is 0.251. The summed E-state index contributed by atoms with van der Waals surface area (Å²) in [6.07, 6.45) is 4.82. The van der Waals surface area contributed by atoms with Crippen LogP contribution < -0.4 is 10.6 Å². The van der Waals surface area contributed by atoms with E-state index < -0.39 is 0 Å². The summed E-state index contributed by atoms with van der Waals surface area (Å²) in [4.78, 5) is 4.24. The van der Waals surface area contributed by atoms with Crippen LogP contribution in [0.1, 0.15) is 33.6 Å². The van der Waals surface area contributed by atoms with Crippen molar-refractivity contribution < 1.29 is 0 Å². The van der Waals surface area contributed by atoms with Gasteiger partial charge in [-0.25, -0.2) is 0 Å². The minimum Gasteiger partial charge on any atom is -0.356 e. The fourth-order valence-corrected chi connectivity index (χ4v) is 1.49. The van der Waals surface area contributed by atoms with Crippen molar-refractivity contribution in [2.45, 2.75) is 38.4 Å². The van der Waals surface area contributed by atoms with Crippen molar-refractivity contribution >= 4 is 17.7 Å². The summed E-state index contributed by atoms with van der Waals surface area (Å²) in [6.45, 7) is 8.76. The van der Waals surface area contributed by atoms with E-state index in [1.54, 1.807) is 0 Å². The normalized spacial score (nSPS) is 19.4. The first-order valence-corrected chi connectivity index (χ1v) is 7.13. The second kappa shape index (κ2) is 5.30. The Balaban J connectivity index is 2.27. The molecule has 94 valence electrons. The zero-order valence-electron chi connectivity index (χ0n) is 11.2. The van der Waals surface area contributed by atoms with Gasteiger partial charge in [-0.3, -0.25) is 4.99 Å².